The van der Waals surface area contributed by atoms with Crippen molar-refractivity contribution in [1.29, 1.82) is 0 Å². The highest BCUT2D eigenvalue weighted by Crippen LogP contribution is 2.31. The van der Waals surface area contributed by atoms with Crippen molar-refractivity contribution in [3.63, 3.8) is 0 Å². The molecule has 0 saturated heterocycles. The van der Waals surface area contributed by atoms with Crippen LogP contribution in [0.2, 0.25) is 0 Å². The standard InChI is InChI=1S/C12H17O3/c1-4-5-10(13)9-6-7-11(14-2)12(8-9)15-3/h6-8,10H,4-5H2,1-3H3. The number of ether oxygens (including phenoxy) is 2. The van der Waals surface area contributed by atoms with Gasteiger partial charge in [-0.2, -0.15) is 0 Å². The Labute approximate surface area is 90.6 Å². The van der Waals surface area contributed by atoms with Crippen LogP contribution in [-0.4, -0.2) is 14.2 Å². The molecule has 1 unspecified atom stereocenters. The summed E-state index contributed by atoms with van der Waals surface area (Å²) in [6.45, 7) is 2.01. The predicted molar refractivity (Wildman–Crippen MR) is 57.9 cm³/mol. The normalized spacial score (nSPS) is 12.3. The molecule has 0 aliphatic heterocycles. The lowest BCUT2D eigenvalue weighted by atomic mass is 10.0. The Morgan fingerprint density at radius 1 is 1.20 bits per heavy atom. The second-order valence-electron chi connectivity index (χ2n) is 3.39. The molecule has 1 radical (unpaired) electrons. The quantitative estimate of drug-likeness (QED) is 0.747. The van der Waals surface area contributed by atoms with E-state index in [1.165, 1.54) is 0 Å². The third-order valence-electron chi connectivity index (χ3n) is 2.33. The van der Waals surface area contributed by atoms with Crippen molar-refractivity contribution in [2.75, 3.05) is 14.2 Å². The lowest BCUT2D eigenvalue weighted by molar-refractivity contribution is 0.0802. The SMILES string of the molecule is CCCC([O])c1ccc(OC)c(OC)c1. The van der Waals surface area contributed by atoms with Crippen molar-refractivity contribution in [2.24, 2.45) is 0 Å². The number of benzene rings is 1. The van der Waals surface area contributed by atoms with E-state index in [0.717, 1.165) is 12.0 Å². The van der Waals surface area contributed by atoms with E-state index in [4.69, 9.17) is 9.47 Å². The van der Waals surface area contributed by atoms with Crippen molar-refractivity contribution in [1.82, 2.24) is 0 Å². The lowest BCUT2D eigenvalue weighted by Gasteiger charge is -2.11. The fourth-order valence-corrected chi connectivity index (χ4v) is 1.48. The third-order valence-corrected chi connectivity index (χ3v) is 2.33. The summed E-state index contributed by atoms with van der Waals surface area (Å²) < 4.78 is 10.2. The van der Waals surface area contributed by atoms with Gasteiger partial charge < -0.3 is 9.47 Å². The summed E-state index contributed by atoms with van der Waals surface area (Å²) in [5.74, 6) is 1.27. The van der Waals surface area contributed by atoms with Crippen LogP contribution in [0.5, 0.6) is 11.5 Å². The first-order chi connectivity index (χ1) is 7.22. The maximum absolute atomic E-state index is 11.7. The van der Waals surface area contributed by atoms with Gasteiger partial charge in [0.15, 0.2) is 11.5 Å². The number of hydrogen-bond donors (Lipinski definition) is 0. The van der Waals surface area contributed by atoms with Crippen LogP contribution >= 0.6 is 0 Å². The highest BCUT2D eigenvalue weighted by Gasteiger charge is 2.11. The van der Waals surface area contributed by atoms with Crippen LogP contribution < -0.4 is 9.47 Å². The van der Waals surface area contributed by atoms with Crippen LogP contribution in [0.15, 0.2) is 18.2 Å². The molecule has 15 heavy (non-hydrogen) atoms. The highest BCUT2D eigenvalue weighted by molar-refractivity contribution is 5.43. The Balaban J connectivity index is 2.92. The lowest BCUT2D eigenvalue weighted by Crippen LogP contribution is -1.97. The van der Waals surface area contributed by atoms with Gasteiger partial charge >= 0.3 is 0 Å². The van der Waals surface area contributed by atoms with Crippen molar-refractivity contribution in [3.8, 4) is 11.5 Å². The molecule has 1 rings (SSSR count). The second kappa shape index (κ2) is 5.61. The Bertz CT molecular complexity index is 310. The van der Waals surface area contributed by atoms with E-state index < -0.39 is 6.10 Å². The molecule has 0 bridgehead atoms. The molecule has 0 spiro atoms. The average molecular weight is 209 g/mol. The zero-order valence-electron chi connectivity index (χ0n) is 9.45. The van der Waals surface area contributed by atoms with Crippen molar-refractivity contribution in [3.05, 3.63) is 23.8 Å². The summed E-state index contributed by atoms with van der Waals surface area (Å²) in [7, 11) is 3.15. The molecule has 83 valence electrons. The van der Waals surface area contributed by atoms with E-state index in [1.54, 1.807) is 32.4 Å². The molecular formula is C12H17O3. The minimum Gasteiger partial charge on any atom is -0.493 e. The molecule has 3 heteroatoms. The molecule has 0 fully saturated rings. The van der Waals surface area contributed by atoms with Gasteiger partial charge in [0.25, 0.3) is 0 Å². The van der Waals surface area contributed by atoms with E-state index in [9.17, 15) is 5.11 Å². The van der Waals surface area contributed by atoms with Crippen LogP contribution in [0, 0.1) is 0 Å². The third kappa shape index (κ3) is 2.86. The number of methoxy groups -OCH3 is 2. The van der Waals surface area contributed by atoms with Crippen molar-refractivity contribution < 1.29 is 14.6 Å². The van der Waals surface area contributed by atoms with Gasteiger partial charge in [0.2, 0.25) is 0 Å². The smallest absolute Gasteiger partial charge is 0.161 e. The first-order valence-electron chi connectivity index (χ1n) is 5.10. The molecule has 1 atom stereocenters. The first-order valence-corrected chi connectivity index (χ1v) is 5.10. The zero-order valence-corrected chi connectivity index (χ0v) is 9.45. The Hall–Kier alpha value is -1.22. The molecule has 0 aromatic heterocycles. The summed E-state index contributed by atoms with van der Waals surface area (Å²) in [6, 6.07) is 5.33. The minimum atomic E-state index is -0.671. The minimum absolute atomic E-state index is 0.618. The molecule has 1 aromatic carbocycles. The van der Waals surface area contributed by atoms with Gasteiger partial charge in [0.1, 0.15) is 6.10 Å². The van der Waals surface area contributed by atoms with Crippen LogP contribution in [0.1, 0.15) is 31.4 Å². The largest absolute Gasteiger partial charge is 0.493 e. The predicted octanol–water partition coefficient (Wildman–Crippen LogP) is 2.98. The van der Waals surface area contributed by atoms with E-state index in [0.29, 0.717) is 17.9 Å². The van der Waals surface area contributed by atoms with Gasteiger partial charge in [0.05, 0.1) is 14.2 Å². The van der Waals surface area contributed by atoms with Crippen LogP contribution in [0.3, 0.4) is 0 Å². The Kier molecular flexibility index (Phi) is 4.43. The Morgan fingerprint density at radius 2 is 1.87 bits per heavy atom. The number of rotatable bonds is 5. The molecule has 0 N–H and O–H groups in total. The molecule has 0 heterocycles. The van der Waals surface area contributed by atoms with Gasteiger partial charge in [0, 0.05) is 0 Å². The van der Waals surface area contributed by atoms with E-state index in [-0.39, 0.29) is 0 Å². The molecule has 1 aromatic rings. The molecule has 0 aliphatic rings. The van der Waals surface area contributed by atoms with Crippen LogP contribution in [0.25, 0.3) is 0 Å². The van der Waals surface area contributed by atoms with Gasteiger partial charge in [-0.15, -0.1) is 0 Å². The van der Waals surface area contributed by atoms with E-state index in [2.05, 4.69) is 0 Å². The van der Waals surface area contributed by atoms with Crippen molar-refractivity contribution in [2.45, 2.75) is 25.9 Å². The van der Waals surface area contributed by atoms with Crippen molar-refractivity contribution >= 4 is 0 Å². The average Bonchev–Trinajstić information content (AvgIpc) is 2.28. The molecule has 0 saturated carbocycles. The van der Waals surface area contributed by atoms with Gasteiger partial charge in [-0.1, -0.05) is 19.4 Å². The monoisotopic (exact) mass is 209 g/mol. The summed E-state index contributed by atoms with van der Waals surface area (Å²) in [6.07, 6.45) is 0.868. The van der Waals surface area contributed by atoms with E-state index in [1.807, 2.05) is 6.92 Å². The fraction of sp³-hybridized carbons (Fsp3) is 0.500. The second-order valence-corrected chi connectivity index (χ2v) is 3.39. The fourth-order valence-electron chi connectivity index (χ4n) is 1.48. The van der Waals surface area contributed by atoms with Gasteiger partial charge in [-0.3, -0.25) is 0 Å². The Morgan fingerprint density at radius 3 is 2.40 bits per heavy atom. The topological polar surface area (TPSA) is 38.4 Å². The summed E-state index contributed by atoms with van der Waals surface area (Å²) in [4.78, 5) is 0. The van der Waals surface area contributed by atoms with E-state index >= 15 is 0 Å². The first kappa shape index (κ1) is 11.9. The zero-order chi connectivity index (χ0) is 11.3. The van der Waals surface area contributed by atoms with Gasteiger partial charge in [-0.05, 0) is 24.1 Å². The summed E-state index contributed by atoms with van der Waals surface area (Å²) in [5.41, 5.74) is 0.759. The molecular weight excluding hydrogens is 192 g/mol. The number of hydrogen-bond acceptors (Lipinski definition) is 2. The van der Waals surface area contributed by atoms with Gasteiger partial charge in [-0.25, -0.2) is 5.11 Å². The highest BCUT2D eigenvalue weighted by atomic mass is 16.5. The maximum Gasteiger partial charge on any atom is 0.161 e. The maximum atomic E-state index is 11.7. The summed E-state index contributed by atoms with van der Waals surface area (Å²) >= 11 is 0. The van der Waals surface area contributed by atoms with Crippen LogP contribution in [0.4, 0.5) is 0 Å². The summed E-state index contributed by atoms with van der Waals surface area (Å²) in [5, 5.41) is 11.7. The molecule has 0 amide bonds. The molecule has 0 aliphatic carbocycles. The molecule has 3 nitrogen and oxygen atoms in total. The van der Waals surface area contributed by atoms with Crippen LogP contribution in [-0.2, 0) is 5.11 Å².